The Balaban J connectivity index is 3.36. The topological polar surface area (TPSA) is 9.23 Å². The SMILES string of the molecule is Cc1ccc(OC(F)(F)F)c(C(F)(F)F)c1Br. The van der Waals surface area contributed by atoms with Crippen molar-refractivity contribution < 1.29 is 31.1 Å². The lowest BCUT2D eigenvalue weighted by Crippen LogP contribution is -2.20. The van der Waals surface area contributed by atoms with Crippen LogP contribution in [0.5, 0.6) is 5.75 Å². The molecule has 0 aromatic heterocycles. The van der Waals surface area contributed by atoms with Crippen LogP contribution >= 0.6 is 15.9 Å². The third-order valence-corrected chi connectivity index (χ3v) is 2.83. The molecule has 1 aromatic carbocycles. The molecule has 1 aromatic rings. The van der Waals surface area contributed by atoms with Crippen molar-refractivity contribution in [1.82, 2.24) is 0 Å². The summed E-state index contributed by atoms with van der Waals surface area (Å²) >= 11 is 2.61. The lowest BCUT2D eigenvalue weighted by Gasteiger charge is -2.17. The highest BCUT2D eigenvalue weighted by Crippen LogP contribution is 2.43. The van der Waals surface area contributed by atoms with Crippen LogP contribution in [0.4, 0.5) is 26.3 Å². The Morgan fingerprint density at radius 1 is 1.06 bits per heavy atom. The van der Waals surface area contributed by atoms with Gasteiger partial charge in [-0.05, 0) is 34.5 Å². The minimum absolute atomic E-state index is 0.159. The van der Waals surface area contributed by atoms with Crippen LogP contribution in [0.25, 0.3) is 0 Å². The molecule has 1 nitrogen and oxygen atoms in total. The zero-order valence-electron chi connectivity index (χ0n) is 8.21. The minimum Gasteiger partial charge on any atom is -0.405 e. The second-order valence-electron chi connectivity index (χ2n) is 3.12. The van der Waals surface area contributed by atoms with E-state index in [-0.39, 0.29) is 5.56 Å². The number of aryl methyl sites for hydroxylation is 1. The van der Waals surface area contributed by atoms with Gasteiger partial charge in [-0.1, -0.05) is 6.07 Å². The maximum Gasteiger partial charge on any atom is 0.573 e. The number of ether oxygens (including phenoxy) is 1. The highest BCUT2D eigenvalue weighted by Gasteiger charge is 2.41. The van der Waals surface area contributed by atoms with E-state index >= 15 is 0 Å². The maximum absolute atomic E-state index is 12.6. The molecule has 0 heterocycles. The van der Waals surface area contributed by atoms with Crippen molar-refractivity contribution in [1.29, 1.82) is 0 Å². The van der Waals surface area contributed by atoms with Crippen LogP contribution in [0.15, 0.2) is 16.6 Å². The van der Waals surface area contributed by atoms with Crippen molar-refractivity contribution in [2.24, 2.45) is 0 Å². The van der Waals surface area contributed by atoms with Gasteiger partial charge in [0.2, 0.25) is 0 Å². The van der Waals surface area contributed by atoms with Gasteiger partial charge in [0.25, 0.3) is 0 Å². The van der Waals surface area contributed by atoms with E-state index in [1.54, 1.807) is 0 Å². The summed E-state index contributed by atoms with van der Waals surface area (Å²) in [5, 5.41) is 0. The maximum atomic E-state index is 12.6. The first kappa shape index (κ1) is 14.1. The molecule has 1 rings (SSSR count). The molecule has 0 radical (unpaired) electrons. The molecular formula is C9H5BrF6O. The molecule has 0 amide bonds. The normalized spacial score (nSPS) is 12.7. The van der Waals surface area contributed by atoms with Crippen molar-refractivity contribution in [3.8, 4) is 5.75 Å². The first-order valence-corrected chi connectivity index (χ1v) is 4.93. The second-order valence-corrected chi connectivity index (χ2v) is 3.91. The van der Waals surface area contributed by atoms with Crippen LogP contribution in [0.1, 0.15) is 11.1 Å². The van der Waals surface area contributed by atoms with Crippen molar-refractivity contribution in [3.63, 3.8) is 0 Å². The van der Waals surface area contributed by atoms with Crippen molar-refractivity contribution in [2.45, 2.75) is 19.5 Å². The molecule has 0 aliphatic rings. The van der Waals surface area contributed by atoms with Crippen molar-refractivity contribution in [2.75, 3.05) is 0 Å². The molecule has 0 saturated heterocycles. The highest BCUT2D eigenvalue weighted by atomic mass is 79.9. The van der Waals surface area contributed by atoms with Crippen LogP contribution < -0.4 is 4.74 Å². The molecule has 0 N–H and O–H groups in total. The van der Waals surface area contributed by atoms with Crippen LogP contribution in [0.3, 0.4) is 0 Å². The van der Waals surface area contributed by atoms with E-state index in [2.05, 4.69) is 20.7 Å². The van der Waals surface area contributed by atoms with Gasteiger partial charge in [0.05, 0.1) is 0 Å². The standard InChI is InChI=1S/C9H5BrF6O/c1-4-2-3-5(17-9(14,15)16)6(7(4)10)8(11,12)13/h2-3H,1H3. The van der Waals surface area contributed by atoms with Gasteiger partial charge in [0.15, 0.2) is 0 Å². The van der Waals surface area contributed by atoms with E-state index in [9.17, 15) is 26.3 Å². The largest absolute Gasteiger partial charge is 0.573 e. The molecule has 0 spiro atoms. The van der Waals surface area contributed by atoms with Crippen LogP contribution in [0.2, 0.25) is 0 Å². The van der Waals surface area contributed by atoms with Crippen LogP contribution in [-0.4, -0.2) is 6.36 Å². The quantitative estimate of drug-likeness (QED) is 0.682. The lowest BCUT2D eigenvalue weighted by molar-refractivity contribution is -0.276. The molecule has 0 aliphatic heterocycles. The van der Waals surface area contributed by atoms with Gasteiger partial charge in [-0.25, -0.2) is 0 Å². The zero-order valence-corrected chi connectivity index (χ0v) is 9.79. The number of hydrogen-bond acceptors (Lipinski definition) is 1. The molecule has 96 valence electrons. The summed E-state index contributed by atoms with van der Waals surface area (Å²) in [4.78, 5) is 0. The monoisotopic (exact) mass is 322 g/mol. The smallest absolute Gasteiger partial charge is 0.405 e. The van der Waals surface area contributed by atoms with Gasteiger partial charge in [-0.2, -0.15) is 13.2 Å². The summed E-state index contributed by atoms with van der Waals surface area (Å²) in [6.07, 6.45) is -10.1. The summed E-state index contributed by atoms with van der Waals surface area (Å²) in [5.74, 6) is -1.28. The van der Waals surface area contributed by atoms with Crippen LogP contribution in [-0.2, 0) is 6.18 Å². The minimum atomic E-state index is -5.17. The predicted molar refractivity (Wildman–Crippen MR) is 50.6 cm³/mol. The van der Waals surface area contributed by atoms with Crippen molar-refractivity contribution in [3.05, 3.63) is 27.7 Å². The van der Waals surface area contributed by atoms with Crippen molar-refractivity contribution >= 4 is 15.9 Å². The summed E-state index contributed by atoms with van der Waals surface area (Å²) < 4.78 is 76.5. The fourth-order valence-electron chi connectivity index (χ4n) is 1.14. The van der Waals surface area contributed by atoms with Gasteiger partial charge >= 0.3 is 12.5 Å². The highest BCUT2D eigenvalue weighted by molar-refractivity contribution is 9.10. The summed E-state index contributed by atoms with van der Waals surface area (Å²) in [6.45, 7) is 1.33. The van der Waals surface area contributed by atoms with E-state index < -0.39 is 28.3 Å². The van der Waals surface area contributed by atoms with Gasteiger partial charge in [-0.15, -0.1) is 13.2 Å². The van der Waals surface area contributed by atoms with E-state index in [0.29, 0.717) is 6.07 Å². The van der Waals surface area contributed by atoms with E-state index in [4.69, 9.17) is 0 Å². The van der Waals surface area contributed by atoms with Crippen LogP contribution in [0, 0.1) is 6.92 Å². The average molecular weight is 323 g/mol. The Morgan fingerprint density at radius 2 is 1.59 bits per heavy atom. The molecule has 0 fully saturated rings. The molecule has 0 unspecified atom stereocenters. The number of alkyl halides is 6. The number of rotatable bonds is 1. The Labute approximate surface area is 101 Å². The number of halogens is 7. The predicted octanol–water partition coefficient (Wildman–Crippen LogP) is 4.67. The first-order valence-electron chi connectivity index (χ1n) is 4.14. The Hall–Kier alpha value is -0.920. The van der Waals surface area contributed by atoms with Gasteiger partial charge in [0, 0.05) is 4.47 Å². The molecule has 0 saturated carbocycles. The Morgan fingerprint density at radius 3 is 2.00 bits per heavy atom. The molecule has 0 aliphatic carbocycles. The third-order valence-electron chi connectivity index (χ3n) is 1.81. The number of benzene rings is 1. The molecule has 17 heavy (non-hydrogen) atoms. The molecule has 0 bridgehead atoms. The van der Waals surface area contributed by atoms with E-state index in [1.807, 2.05) is 0 Å². The Bertz CT molecular complexity index is 423. The van der Waals surface area contributed by atoms with E-state index in [0.717, 1.165) is 6.07 Å². The van der Waals surface area contributed by atoms with Gasteiger partial charge in [-0.3, -0.25) is 0 Å². The number of hydrogen-bond donors (Lipinski definition) is 0. The van der Waals surface area contributed by atoms with E-state index in [1.165, 1.54) is 6.92 Å². The summed E-state index contributed by atoms with van der Waals surface area (Å²) in [7, 11) is 0. The zero-order chi connectivity index (χ0) is 13.4. The lowest BCUT2D eigenvalue weighted by atomic mass is 10.1. The Kier molecular flexibility index (Phi) is 3.66. The molecule has 8 heteroatoms. The second kappa shape index (κ2) is 4.40. The molecular weight excluding hydrogens is 318 g/mol. The van der Waals surface area contributed by atoms with Gasteiger partial charge in [0.1, 0.15) is 11.3 Å². The summed E-state index contributed by atoms with van der Waals surface area (Å²) in [6, 6.07) is 1.73. The third kappa shape index (κ3) is 3.52. The fourth-order valence-corrected chi connectivity index (χ4v) is 1.69. The molecule has 0 atom stereocenters. The summed E-state index contributed by atoms with van der Waals surface area (Å²) in [5.41, 5.74) is -1.32. The first-order chi connectivity index (χ1) is 7.52. The fraction of sp³-hybridized carbons (Fsp3) is 0.333. The van der Waals surface area contributed by atoms with Gasteiger partial charge < -0.3 is 4.74 Å². The average Bonchev–Trinajstić information content (AvgIpc) is 2.06.